The van der Waals surface area contributed by atoms with E-state index in [4.69, 9.17) is 0 Å². The van der Waals surface area contributed by atoms with E-state index in [0.717, 1.165) is 16.6 Å². The number of phenols is 1. The van der Waals surface area contributed by atoms with Gasteiger partial charge in [0.25, 0.3) is 0 Å². The third-order valence-corrected chi connectivity index (χ3v) is 3.37. The van der Waals surface area contributed by atoms with Crippen LogP contribution in [0.5, 0.6) is 5.75 Å². The summed E-state index contributed by atoms with van der Waals surface area (Å²) < 4.78 is 1.15. The zero-order valence-electron chi connectivity index (χ0n) is 8.95. The molecule has 15 heavy (non-hydrogen) atoms. The van der Waals surface area contributed by atoms with Gasteiger partial charge in [-0.15, -0.1) is 11.3 Å². The van der Waals surface area contributed by atoms with Crippen LogP contribution in [-0.4, -0.2) is 11.1 Å². The van der Waals surface area contributed by atoms with Crippen LogP contribution in [-0.2, 0) is 6.54 Å². The standard InChI is InChI=1S/C12H15NOS/c1-8(2)13-7-9-6-10-11(14)4-3-5-12(10)15-9/h3-6,8,13-14H,7H2,1-2H3. The predicted octanol–water partition coefficient (Wildman–Crippen LogP) is 3.10. The van der Waals surface area contributed by atoms with Crippen molar-refractivity contribution in [3.05, 3.63) is 29.1 Å². The third-order valence-electron chi connectivity index (χ3n) is 2.27. The Hall–Kier alpha value is -1.06. The molecule has 1 aromatic carbocycles. The Labute approximate surface area is 93.6 Å². The number of aromatic hydroxyl groups is 1. The van der Waals surface area contributed by atoms with E-state index < -0.39 is 0 Å². The Bertz CT molecular complexity index is 462. The maximum absolute atomic E-state index is 9.65. The molecule has 1 aromatic heterocycles. The van der Waals surface area contributed by atoms with Gasteiger partial charge in [0.15, 0.2) is 0 Å². The molecule has 0 amide bonds. The highest BCUT2D eigenvalue weighted by molar-refractivity contribution is 7.19. The second-order valence-corrected chi connectivity index (χ2v) is 5.11. The number of phenolic OH excluding ortho intramolecular Hbond substituents is 1. The minimum Gasteiger partial charge on any atom is -0.507 e. The van der Waals surface area contributed by atoms with Crippen molar-refractivity contribution < 1.29 is 5.11 Å². The molecule has 80 valence electrons. The molecule has 2 aromatic rings. The number of rotatable bonds is 3. The summed E-state index contributed by atoms with van der Waals surface area (Å²) in [7, 11) is 0. The van der Waals surface area contributed by atoms with Crippen LogP contribution in [0.15, 0.2) is 24.3 Å². The third kappa shape index (κ3) is 2.30. The maximum atomic E-state index is 9.65. The van der Waals surface area contributed by atoms with E-state index in [9.17, 15) is 5.11 Å². The number of hydrogen-bond acceptors (Lipinski definition) is 3. The van der Waals surface area contributed by atoms with Crippen molar-refractivity contribution in [1.29, 1.82) is 0 Å². The molecule has 0 radical (unpaired) electrons. The first-order valence-corrected chi connectivity index (χ1v) is 5.92. The molecular weight excluding hydrogens is 206 g/mol. The van der Waals surface area contributed by atoms with Gasteiger partial charge in [0.05, 0.1) is 0 Å². The van der Waals surface area contributed by atoms with Crippen LogP contribution in [0.25, 0.3) is 10.1 Å². The van der Waals surface area contributed by atoms with Crippen molar-refractivity contribution in [3.8, 4) is 5.75 Å². The van der Waals surface area contributed by atoms with Crippen LogP contribution < -0.4 is 5.32 Å². The molecule has 0 unspecified atom stereocenters. The van der Waals surface area contributed by atoms with Gasteiger partial charge in [-0.25, -0.2) is 0 Å². The zero-order valence-corrected chi connectivity index (χ0v) is 9.77. The first-order chi connectivity index (χ1) is 7.16. The molecule has 0 atom stereocenters. The lowest BCUT2D eigenvalue weighted by atomic mass is 10.2. The molecule has 0 saturated carbocycles. The lowest BCUT2D eigenvalue weighted by molar-refractivity contribution is 0.482. The highest BCUT2D eigenvalue weighted by atomic mass is 32.1. The van der Waals surface area contributed by atoms with E-state index in [1.54, 1.807) is 17.4 Å². The molecule has 0 spiro atoms. The van der Waals surface area contributed by atoms with Crippen molar-refractivity contribution >= 4 is 21.4 Å². The molecule has 0 fully saturated rings. The van der Waals surface area contributed by atoms with Crippen LogP contribution in [0.4, 0.5) is 0 Å². The summed E-state index contributed by atoms with van der Waals surface area (Å²) in [6.45, 7) is 5.13. The van der Waals surface area contributed by atoms with E-state index in [0.29, 0.717) is 11.8 Å². The minimum absolute atomic E-state index is 0.375. The minimum atomic E-state index is 0.375. The van der Waals surface area contributed by atoms with Gasteiger partial charge in [0, 0.05) is 27.5 Å². The monoisotopic (exact) mass is 221 g/mol. The van der Waals surface area contributed by atoms with E-state index in [1.807, 2.05) is 12.1 Å². The van der Waals surface area contributed by atoms with Gasteiger partial charge in [-0.1, -0.05) is 19.9 Å². The summed E-state index contributed by atoms with van der Waals surface area (Å²) in [6.07, 6.45) is 0. The highest BCUT2D eigenvalue weighted by Crippen LogP contribution is 2.31. The first kappa shape index (κ1) is 10.5. The predicted molar refractivity (Wildman–Crippen MR) is 65.5 cm³/mol. The molecule has 2 nitrogen and oxygen atoms in total. The van der Waals surface area contributed by atoms with Gasteiger partial charge < -0.3 is 10.4 Å². The van der Waals surface area contributed by atoms with Crippen molar-refractivity contribution in [2.75, 3.05) is 0 Å². The summed E-state index contributed by atoms with van der Waals surface area (Å²) in [5.41, 5.74) is 0. The van der Waals surface area contributed by atoms with Gasteiger partial charge in [0.2, 0.25) is 0 Å². The summed E-state index contributed by atoms with van der Waals surface area (Å²) in [6, 6.07) is 8.20. The van der Waals surface area contributed by atoms with E-state index in [2.05, 4.69) is 25.2 Å². The van der Waals surface area contributed by atoms with E-state index in [1.165, 1.54) is 4.88 Å². The SMILES string of the molecule is CC(C)NCc1cc2c(O)cccc2s1. The molecule has 1 heterocycles. The Kier molecular flexibility index (Phi) is 2.93. The van der Waals surface area contributed by atoms with Crippen molar-refractivity contribution in [2.45, 2.75) is 26.4 Å². The van der Waals surface area contributed by atoms with Gasteiger partial charge >= 0.3 is 0 Å². The fourth-order valence-corrected chi connectivity index (χ4v) is 2.52. The van der Waals surface area contributed by atoms with Crippen molar-refractivity contribution in [1.82, 2.24) is 5.32 Å². The van der Waals surface area contributed by atoms with Crippen molar-refractivity contribution in [3.63, 3.8) is 0 Å². The quantitative estimate of drug-likeness (QED) is 0.834. The Balaban J connectivity index is 2.27. The Morgan fingerprint density at radius 3 is 2.87 bits per heavy atom. The first-order valence-electron chi connectivity index (χ1n) is 5.10. The number of thiophene rings is 1. The van der Waals surface area contributed by atoms with Gasteiger partial charge in [0.1, 0.15) is 5.75 Å². The number of fused-ring (bicyclic) bond motifs is 1. The normalized spacial score (nSPS) is 11.4. The molecule has 0 aliphatic heterocycles. The van der Waals surface area contributed by atoms with Gasteiger partial charge in [-0.05, 0) is 18.2 Å². The number of benzene rings is 1. The molecule has 0 bridgehead atoms. The highest BCUT2D eigenvalue weighted by Gasteiger charge is 2.05. The molecule has 0 saturated heterocycles. The summed E-state index contributed by atoms with van der Waals surface area (Å²) in [5.74, 6) is 0.375. The fraction of sp³-hybridized carbons (Fsp3) is 0.333. The Morgan fingerprint density at radius 1 is 1.40 bits per heavy atom. The van der Waals surface area contributed by atoms with Crippen molar-refractivity contribution in [2.24, 2.45) is 0 Å². The average molecular weight is 221 g/mol. The second kappa shape index (κ2) is 4.21. The second-order valence-electron chi connectivity index (χ2n) is 3.94. The molecule has 2 N–H and O–H groups in total. The molecule has 0 aliphatic carbocycles. The number of hydrogen-bond donors (Lipinski definition) is 2. The summed E-state index contributed by atoms with van der Waals surface area (Å²) >= 11 is 1.73. The van der Waals surface area contributed by atoms with Gasteiger partial charge in [-0.2, -0.15) is 0 Å². The zero-order chi connectivity index (χ0) is 10.8. The summed E-state index contributed by atoms with van der Waals surface area (Å²) in [4.78, 5) is 1.26. The lowest BCUT2D eigenvalue weighted by Gasteiger charge is -2.04. The van der Waals surface area contributed by atoms with Crippen LogP contribution in [0, 0.1) is 0 Å². The van der Waals surface area contributed by atoms with Crippen LogP contribution in [0.2, 0.25) is 0 Å². The topological polar surface area (TPSA) is 32.3 Å². The van der Waals surface area contributed by atoms with Gasteiger partial charge in [-0.3, -0.25) is 0 Å². The van der Waals surface area contributed by atoms with E-state index >= 15 is 0 Å². The molecule has 2 rings (SSSR count). The molecule has 3 heteroatoms. The largest absolute Gasteiger partial charge is 0.507 e. The maximum Gasteiger partial charge on any atom is 0.124 e. The number of nitrogens with one attached hydrogen (secondary N) is 1. The lowest BCUT2D eigenvalue weighted by Crippen LogP contribution is -2.21. The van der Waals surface area contributed by atoms with Crippen LogP contribution >= 0.6 is 11.3 Å². The Morgan fingerprint density at radius 2 is 2.20 bits per heavy atom. The van der Waals surface area contributed by atoms with Crippen LogP contribution in [0.3, 0.4) is 0 Å². The summed E-state index contributed by atoms with van der Waals surface area (Å²) in [5, 5.41) is 14.0. The van der Waals surface area contributed by atoms with Crippen LogP contribution in [0.1, 0.15) is 18.7 Å². The fourth-order valence-electron chi connectivity index (χ4n) is 1.49. The molecule has 0 aliphatic rings. The van der Waals surface area contributed by atoms with E-state index in [-0.39, 0.29) is 0 Å². The molecular formula is C12H15NOS. The average Bonchev–Trinajstić information content (AvgIpc) is 2.59. The smallest absolute Gasteiger partial charge is 0.124 e.